The van der Waals surface area contributed by atoms with Crippen molar-refractivity contribution in [3.05, 3.63) is 18.5 Å². The van der Waals surface area contributed by atoms with Gasteiger partial charge in [0, 0.05) is 19.0 Å². The summed E-state index contributed by atoms with van der Waals surface area (Å²) in [5, 5.41) is 6.34. The summed E-state index contributed by atoms with van der Waals surface area (Å²) in [5.41, 5.74) is 6.96. The predicted octanol–water partition coefficient (Wildman–Crippen LogP) is 1.19. The number of nitrogens with one attached hydrogen (secondary N) is 2. The van der Waals surface area contributed by atoms with E-state index in [0.29, 0.717) is 6.42 Å². The fourth-order valence-corrected chi connectivity index (χ4v) is 1.46. The van der Waals surface area contributed by atoms with Gasteiger partial charge in [-0.25, -0.2) is 0 Å². The van der Waals surface area contributed by atoms with Crippen LogP contribution in [0.5, 0.6) is 0 Å². The van der Waals surface area contributed by atoms with Crippen LogP contribution < -0.4 is 16.4 Å². The third kappa shape index (κ3) is 4.16. The average molecular weight is 222 g/mol. The highest BCUT2D eigenvalue weighted by atomic mass is 16.1. The first-order valence-corrected chi connectivity index (χ1v) is 5.35. The lowest BCUT2D eigenvalue weighted by Crippen LogP contribution is -2.24. The van der Waals surface area contributed by atoms with Gasteiger partial charge in [-0.2, -0.15) is 0 Å². The molecular weight excluding hydrogens is 204 g/mol. The highest BCUT2D eigenvalue weighted by Crippen LogP contribution is 2.14. The van der Waals surface area contributed by atoms with E-state index in [9.17, 15) is 4.79 Å². The Bertz CT molecular complexity index is 354. The molecule has 0 spiro atoms. The molecule has 0 saturated carbocycles. The summed E-state index contributed by atoms with van der Waals surface area (Å²) in [6.45, 7) is 4.78. The molecule has 1 heterocycles. The van der Waals surface area contributed by atoms with Gasteiger partial charge in [0.15, 0.2) is 0 Å². The van der Waals surface area contributed by atoms with Crippen molar-refractivity contribution in [2.24, 2.45) is 5.73 Å². The van der Waals surface area contributed by atoms with E-state index in [1.54, 1.807) is 12.4 Å². The van der Waals surface area contributed by atoms with E-state index in [1.807, 2.05) is 19.9 Å². The van der Waals surface area contributed by atoms with E-state index in [2.05, 4.69) is 15.6 Å². The summed E-state index contributed by atoms with van der Waals surface area (Å²) < 4.78 is 0. The van der Waals surface area contributed by atoms with Crippen LogP contribution in [-0.2, 0) is 4.79 Å². The number of amides is 1. The van der Waals surface area contributed by atoms with Gasteiger partial charge in [0.1, 0.15) is 0 Å². The molecule has 0 aliphatic rings. The maximum atomic E-state index is 10.7. The second-order valence-corrected chi connectivity index (χ2v) is 3.71. The van der Waals surface area contributed by atoms with Crippen molar-refractivity contribution < 1.29 is 4.79 Å². The van der Waals surface area contributed by atoms with Crippen molar-refractivity contribution in [3.8, 4) is 0 Å². The van der Waals surface area contributed by atoms with Gasteiger partial charge >= 0.3 is 0 Å². The van der Waals surface area contributed by atoms with Crippen LogP contribution >= 0.6 is 0 Å². The Labute approximate surface area is 95.4 Å². The number of aromatic nitrogens is 1. The number of hydrogen-bond donors (Lipinski definition) is 3. The topological polar surface area (TPSA) is 80.0 Å². The van der Waals surface area contributed by atoms with Gasteiger partial charge in [-0.05, 0) is 19.9 Å². The zero-order valence-electron chi connectivity index (χ0n) is 9.66. The monoisotopic (exact) mass is 222 g/mol. The molecule has 0 aliphatic heterocycles. The second kappa shape index (κ2) is 5.95. The minimum absolute atomic E-state index is 0.0103. The molecule has 1 aromatic rings. The number of carbonyl (C=O) groups is 1. The maximum Gasteiger partial charge on any atom is 0.219 e. The zero-order valence-corrected chi connectivity index (χ0v) is 9.66. The Morgan fingerprint density at radius 1 is 1.50 bits per heavy atom. The largest absolute Gasteiger partial charge is 0.384 e. The summed E-state index contributed by atoms with van der Waals surface area (Å²) in [6, 6.07) is 1.96. The molecule has 0 aromatic carbocycles. The van der Waals surface area contributed by atoms with Gasteiger partial charge < -0.3 is 16.4 Å². The van der Waals surface area contributed by atoms with E-state index >= 15 is 0 Å². The van der Waals surface area contributed by atoms with E-state index in [1.165, 1.54) is 0 Å². The first kappa shape index (κ1) is 12.3. The number of primary amides is 1. The van der Waals surface area contributed by atoms with Crippen molar-refractivity contribution in [1.29, 1.82) is 0 Å². The van der Waals surface area contributed by atoms with Crippen molar-refractivity contribution >= 4 is 17.3 Å². The molecular formula is C11H18N4O. The lowest BCUT2D eigenvalue weighted by atomic mass is 10.2. The molecule has 1 amide bonds. The maximum absolute atomic E-state index is 10.7. The Morgan fingerprint density at radius 3 is 2.81 bits per heavy atom. The van der Waals surface area contributed by atoms with Crippen molar-refractivity contribution in [2.75, 3.05) is 17.2 Å². The molecule has 0 aliphatic carbocycles. The number of rotatable bonds is 6. The van der Waals surface area contributed by atoms with Crippen molar-refractivity contribution in [1.82, 2.24) is 4.98 Å². The molecule has 0 bridgehead atoms. The van der Waals surface area contributed by atoms with Crippen LogP contribution in [0.1, 0.15) is 20.3 Å². The van der Waals surface area contributed by atoms with E-state index in [0.717, 1.165) is 17.9 Å². The smallest absolute Gasteiger partial charge is 0.219 e. The summed E-state index contributed by atoms with van der Waals surface area (Å²) >= 11 is 0. The summed E-state index contributed by atoms with van der Waals surface area (Å²) in [6.07, 6.45) is 3.79. The fourth-order valence-electron chi connectivity index (χ4n) is 1.46. The first-order valence-electron chi connectivity index (χ1n) is 5.35. The van der Waals surface area contributed by atoms with Gasteiger partial charge in [-0.1, -0.05) is 0 Å². The van der Waals surface area contributed by atoms with Crippen molar-refractivity contribution in [2.45, 2.75) is 26.3 Å². The number of anilines is 2. The van der Waals surface area contributed by atoms with Crippen LogP contribution in [0.4, 0.5) is 11.4 Å². The SMILES string of the molecule is CCNc1cncc(NC(C)CC(N)=O)c1. The van der Waals surface area contributed by atoms with Gasteiger partial charge in [0.25, 0.3) is 0 Å². The van der Waals surface area contributed by atoms with Gasteiger partial charge in [0.2, 0.25) is 5.91 Å². The van der Waals surface area contributed by atoms with Gasteiger partial charge in [0.05, 0.1) is 23.8 Å². The Hall–Kier alpha value is -1.78. The van der Waals surface area contributed by atoms with E-state index in [-0.39, 0.29) is 11.9 Å². The average Bonchev–Trinajstić information content (AvgIpc) is 2.17. The molecule has 1 rings (SSSR count). The van der Waals surface area contributed by atoms with Crippen LogP contribution in [0.2, 0.25) is 0 Å². The van der Waals surface area contributed by atoms with E-state index < -0.39 is 0 Å². The lowest BCUT2D eigenvalue weighted by molar-refractivity contribution is -0.118. The van der Waals surface area contributed by atoms with E-state index in [4.69, 9.17) is 5.73 Å². The number of carbonyl (C=O) groups excluding carboxylic acids is 1. The first-order chi connectivity index (χ1) is 7.61. The number of nitrogens with two attached hydrogens (primary N) is 1. The van der Waals surface area contributed by atoms with Crippen LogP contribution in [0, 0.1) is 0 Å². The Balaban J connectivity index is 2.59. The molecule has 1 atom stereocenters. The molecule has 16 heavy (non-hydrogen) atoms. The quantitative estimate of drug-likeness (QED) is 0.675. The Kier molecular flexibility index (Phi) is 4.57. The zero-order chi connectivity index (χ0) is 12.0. The molecule has 0 fully saturated rings. The third-order valence-electron chi connectivity index (χ3n) is 2.04. The summed E-state index contributed by atoms with van der Waals surface area (Å²) in [7, 11) is 0. The van der Waals surface area contributed by atoms with Crippen LogP contribution in [0.15, 0.2) is 18.5 Å². The minimum atomic E-state index is -0.309. The van der Waals surface area contributed by atoms with Crippen LogP contribution in [-0.4, -0.2) is 23.5 Å². The number of hydrogen-bond acceptors (Lipinski definition) is 4. The van der Waals surface area contributed by atoms with Gasteiger partial charge in [-0.15, -0.1) is 0 Å². The Morgan fingerprint density at radius 2 is 2.19 bits per heavy atom. The van der Waals surface area contributed by atoms with Gasteiger partial charge in [-0.3, -0.25) is 9.78 Å². The lowest BCUT2D eigenvalue weighted by Gasteiger charge is -2.14. The normalized spacial score (nSPS) is 11.9. The molecule has 4 N–H and O–H groups in total. The van der Waals surface area contributed by atoms with Crippen molar-refractivity contribution in [3.63, 3.8) is 0 Å². The molecule has 5 nitrogen and oxygen atoms in total. The standard InChI is InChI=1S/C11H18N4O/c1-3-14-9-5-10(7-13-6-9)15-8(2)4-11(12)16/h5-8,14-15H,3-4H2,1-2H3,(H2,12,16). The van der Waals surface area contributed by atoms with Crippen LogP contribution in [0.3, 0.4) is 0 Å². The summed E-state index contributed by atoms with van der Waals surface area (Å²) in [4.78, 5) is 14.8. The summed E-state index contributed by atoms with van der Waals surface area (Å²) in [5.74, 6) is -0.309. The fraction of sp³-hybridized carbons (Fsp3) is 0.455. The molecule has 1 aromatic heterocycles. The minimum Gasteiger partial charge on any atom is -0.384 e. The highest BCUT2D eigenvalue weighted by Gasteiger charge is 2.06. The molecule has 88 valence electrons. The van der Waals surface area contributed by atoms with Crippen LogP contribution in [0.25, 0.3) is 0 Å². The molecule has 0 radical (unpaired) electrons. The highest BCUT2D eigenvalue weighted by molar-refractivity contribution is 5.75. The molecule has 1 unspecified atom stereocenters. The number of nitrogens with zero attached hydrogens (tertiary/aromatic N) is 1. The molecule has 5 heteroatoms. The third-order valence-corrected chi connectivity index (χ3v) is 2.04. The molecule has 0 saturated heterocycles. The number of pyridine rings is 1. The second-order valence-electron chi connectivity index (χ2n) is 3.71. The predicted molar refractivity (Wildman–Crippen MR) is 65.3 cm³/mol.